The van der Waals surface area contributed by atoms with Crippen LogP contribution in [0, 0.1) is 5.92 Å². The number of benzene rings is 1. The number of hydrogen-bond acceptors (Lipinski definition) is 3. The maximum absolute atomic E-state index is 12.5. The second kappa shape index (κ2) is 4.74. The van der Waals surface area contributed by atoms with Crippen LogP contribution in [0.1, 0.15) is 38.7 Å². The Labute approximate surface area is 121 Å². The maximum Gasteiger partial charge on any atom is 0.241 e. The van der Waals surface area contributed by atoms with Crippen LogP contribution in [-0.4, -0.2) is 20.5 Å². The Morgan fingerprint density at radius 2 is 2.05 bits per heavy atom. The van der Waals surface area contributed by atoms with E-state index in [9.17, 15) is 8.42 Å². The molecule has 5 heteroatoms. The summed E-state index contributed by atoms with van der Waals surface area (Å²) in [7, 11) is -3.43. The van der Waals surface area contributed by atoms with Gasteiger partial charge < -0.3 is 5.32 Å². The van der Waals surface area contributed by atoms with E-state index in [0.717, 1.165) is 43.5 Å². The Morgan fingerprint density at radius 1 is 1.30 bits per heavy atom. The summed E-state index contributed by atoms with van der Waals surface area (Å²) in [5.41, 5.74) is 1.81. The van der Waals surface area contributed by atoms with Gasteiger partial charge in [-0.2, -0.15) is 0 Å². The molecule has 20 heavy (non-hydrogen) atoms. The van der Waals surface area contributed by atoms with Crippen LogP contribution in [0.15, 0.2) is 23.1 Å². The molecule has 2 aliphatic rings. The fourth-order valence-electron chi connectivity index (χ4n) is 2.91. The van der Waals surface area contributed by atoms with Crippen molar-refractivity contribution in [2.24, 2.45) is 5.92 Å². The van der Waals surface area contributed by atoms with Crippen molar-refractivity contribution >= 4 is 15.7 Å². The first kappa shape index (κ1) is 13.9. The second-order valence-corrected chi connectivity index (χ2v) is 8.13. The molecule has 1 aromatic rings. The van der Waals surface area contributed by atoms with Gasteiger partial charge in [-0.05, 0) is 69.2 Å². The Kier molecular flexibility index (Phi) is 3.29. The number of nitrogens with one attached hydrogen (secondary N) is 2. The van der Waals surface area contributed by atoms with Crippen LogP contribution in [0.25, 0.3) is 0 Å². The summed E-state index contributed by atoms with van der Waals surface area (Å²) in [5, 5.41) is 3.30. The van der Waals surface area contributed by atoms with Gasteiger partial charge in [0.05, 0.1) is 4.90 Å². The van der Waals surface area contributed by atoms with Crippen LogP contribution < -0.4 is 10.0 Å². The van der Waals surface area contributed by atoms with Gasteiger partial charge in [-0.25, -0.2) is 13.1 Å². The van der Waals surface area contributed by atoms with E-state index in [1.165, 1.54) is 0 Å². The number of rotatable bonds is 4. The van der Waals surface area contributed by atoms with E-state index in [-0.39, 0.29) is 5.54 Å². The number of sulfonamides is 1. The molecule has 0 saturated heterocycles. The van der Waals surface area contributed by atoms with E-state index in [2.05, 4.69) is 10.0 Å². The lowest BCUT2D eigenvalue weighted by Gasteiger charge is -2.26. The molecule has 0 atom stereocenters. The predicted octanol–water partition coefficient (Wildman–Crippen LogP) is 2.51. The zero-order valence-electron chi connectivity index (χ0n) is 12.1. The van der Waals surface area contributed by atoms with Gasteiger partial charge in [0.25, 0.3) is 0 Å². The summed E-state index contributed by atoms with van der Waals surface area (Å²) in [4.78, 5) is 0.383. The molecule has 1 aliphatic heterocycles. The quantitative estimate of drug-likeness (QED) is 0.897. The van der Waals surface area contributed by atoms with E-state index < -0.39 is 10.0 Å². The van der Waals surface area contributed by atoms with Gasteiger partial charge in [0, 0.05) is 17.8 Å². The molecule has 0 spiro atoms. The van der Waals surface area contributed by atoms with Crippen molar-refractivity contribution in [3.63, 3.8) is 0 Å². The van der Waals surface area contributed by atoms with Gasteiger partial charge in [0.2, 0.25) is 10.0 Å². The lowest BCUT2D eigenvalue weighted by Crippen LogP contribution is -2.45. The zero-order valence-corrected chi connectivity index (χ0v) is 12.9. The van der Waals surface area contributed by atoms with E-state index in [1.54, 1.807) is 6.07 Å². The minimum atomic E-state index is -3.43. The largest absolute Gasteiger partial charge is 0.385 e. The molecule has 0 radical (unpaired) electrons. The summed E-state index contributed by atoms with van der Waals surface area (Å²) >= 11 is 0. The molecule has 0 bridgehead atoms. The highest BCUT2D eigenvalue weighted by atomic mass is 32.2. The summed E-state index contributed by atoms with van der Waals surface area (Å²) in [6, 6.07) is 5.39. The van der Waals surface area contributed by atoms with Gasteiger partial charge in [0.15, 0.2) is 0 Å². The zero-order chi connectivity index (χ0) is 14.4. The van der Waals surface area contributed by atoms with Gasteiger partial charge in [-0.15, -0.1) is 0 Å². The Hall–Kier alpha value is -1.07. The van der Waals surface area contributed by atoms with Gasteiger partial charge >= 0.3 is 0 Å². The smallest absolute Gasteiger partial charge is 0.241 e. The third-order valence-corrected chi connectivity index (χ3v) is 5.99. The summed E-state index contributed by atoms with van der Waals surface area (Å²) in [5.74, 6) is 0.469. The lowest BCUT2D eigenvalue weighted by atomic mass is 10.0. The van der Waals surface area contributed by atoms with E-state index in [1.807, 2.05) is 26.0 Å². The summed E-state index contributed by atoms with van der Waals surface area (Å²) in [6.07, 6.45) is 4.22. The van der Waals surface area contributed by atoms with Crippen LogP contribution in [0.2, 0.25) is 0 Å². The average molecular weight is 294 g/mol. The van der Waals surface area contributed by atoms with Crippen molar-refractivity contribution in [3.05, 3.63) is 23.8 Å². The molecule has 3 rings (SSSR count). The molecule has 0 unspecified atom stereocenters. The first-order chi connectivity index (χ1) is 9.38. The van der Waals surface area contributed by atoms with Crippen molar-refractivity contribution in [3.8, 4) is 0 Å². The molecule has 1 heterocycles. The molecule has 0 amide bonds. The van der Waals surface area contributed by atoms with Gasteiger partial charge in [0.1, 0.15) is 0 Å². The molecule has 1 aliphatic carbocycles. The number of aryl methyl sites for hydroxylation is 1. The topological polar surface area (TPSA) is 58.2 Å². The third kappa shape index (κ3) is 2.69. The lowest BCUT2D eigenvalue weighted by molar-refractivity contribution is 0.400. The molecule has 4 nitrogen and oxygen atoms in total. The van der Waals surface area contributed by atoms with Crippen molar-refractivity contribution in [1.29, 1.82) is 0 Å². The molecule has 0 aromatic heterocycles. The van der Waals surface area contributed by atoms with E-state index in [0.29, 0.717) is 10.8 Å². The SMILES string of the molecule is CC(C)(NS(=O)(=O)c1ccc2c(c1)CCCN2)C1CC1. The van der Waals surface area contributed by atoms with Gasteiger partial charge in [-0.3, -0.25) is 0 Å². The van der Waals surface area contributed by atoms with E-state index in [4.69, 9.17) is 0 Å². The normalized spacial score (nSPS) is 19.3. The molecular weight excluding hydrogens is 272 g/mol. The Bertz CT molecular complexity index is 619. The predicted molar refractivity (Wildman–Crippen MR) is 80.4 cm³/mol. The monoisotopic (exact) mass is 294 g/mol. The first-order valence-electron chi connectivity index (χ1n) is 7.29. The molecule has 1 fully saturated rings. The molecule has 1 saturated carbocycles. The highest BCUT2D eigenvalue weighted by Gasteiger charge is 2.40. The molecule has 1 aromatic carbocycles. The average Bonchev–Trinajstić information content (AvgIpc) is 3.21. The van der Waals surface area contributed by atoms with Crippen LogP contribution in [-0.2, 0) is 16.4 Å². The van der Waals surface area contributed by atoms with Crippen molar-refractivity contribution in [2.45, 2.75) is 50.0 Å². The van der Waals surface area contributed by atoms with Crippen LogP contribution >= 0.6 is 0 Å². The second-order valence-electron chi connectivity index (χ2n) is 6.45. The van der Waals surface area contributed by atoms with E-state index >= 15 is 0 Å². The number of hydrogen-bond donors (Lipinski definition) is 2. The minimum Gasteiger partial charge on any atom is -0.385 e. The van der Waals surface area contributed by atoms with Crippen molar-refractivity contribution in [2.75, 3.05) is 11.9 Å². The van der Waals surface area contributed by atoms with Gasteiger partial charge in [-0.1, -0.05) is 0 Å². The van der Waals surface area contributed by atoms with Crippen molar-refractivity contribution in [1.82, 2.24) is 4.72 Å². The molecular formula is C15H22N2O2S. The fourth-order valence-corrected chi connectivity index (χ4v) is 4.43. The standard InChI is InChI=1S/C15H22N2O2S/c1-15(2,12-5-6-12)17-20(18,19)13-7-8-14-11(10-13)4-3-9-16-14/h7-8,10,12,16-17H,3-6,9H2,1-2H3. The maximum atomic E-state index is 12.5. The van der Waals surface area contributed by atoms with Crippen LogP contribution in [0.3, 0.4) is 0 Å². The number of anilines is 1. The molecule has 2 N–H and O–H groups in total. The minimum absolute atomic E-state index is 0.354. The molecule has 110 valence electrons. The highest BCUT2D eigenvalue weighted by Crippen LogP contribution is 2.40. The Balaban J connectivity index is 1.87. The highest BCUT2D eigenvalue weighted by molar-refractivity contribution is 7.89. The van der Waals surface area contributed by atoms with Crippen molar-refractivity contribution < 1.29 is 8.42 Å². The summed E-state index contributed by atoms with van der Waals surface area (Å²) in [6.45, 7) is 4.91. The summed E-state index contributed by atoms with van der Waals surface area (Å²) < 4.78 is 27.9. The number of fused-ring (bicyclic) bond motifs is 1. The van der Waals surface area contributed by atoms with Crippen LogP contribution in [0.4, 0.5) is 5.69 Å². The van der Waals surface area contributed by atoms with Crippen LogP contribution in [0.5, 0.6) is 0 Å². The Morgan fingerprint density at radius 3 is 2.75 bits per heavy atom. The third-order valence-electron chi connectivity index (χ3n) is 4.32. The fraction of sp³-hybridized carbons (Fsp3) is 0.600. The first-order valence-corrected chi connectivity index (χ1v) is 8.78.